The minimum absolute atomic E-state index is 0.155. The van der Waals surface area contributed by atoms with Crippen molar-refractivity contribution in [2.24, 2.45) is 5.73 Å². The molecule has 0 fully saturated rings. The van der Waals surface area contributed by atoms with Crippen LogP contribution in [0.3, 0.4) is 0 Å². The van der Waals surface area contributed by atoms with Crippen LogP contribution in [0, 0.1) is 0 Å². The first-order chi connectivity index (χ1) is 7.58. The molecule has 5 heteroatoms. The summed E-state index contributed by atoms with van der Waals surface area (Å²) in [5.74, 6) is 0.483. The Hall–Kier alpha value is -1.07. The van der Waals surface area contributed by atoms with Crippen molar-refractivity contribution < 1.29 is 9.53 Å². The first-order valence-corrected chi connectivity index (χ1v) is 5.74. The fourth-order valence-electron chi connectivity index (χ4n) is 1.24. The van der Waals surface area contributed by atoms with Gasteiger partial charge >= 0.3 is 0 Å². The average molecular weight is 287 g/mol. The smallest absolute Gasteiger partial charge is 0.260 e. The van der Waals surface area contributed by atoms with Crippen molar-refractivity contribution in [2.75, 3.05) is 7.05 Å². The number of rotatable bonds is 4. The molecule has 1 amide bonds. The molecule has 0 bridgehead atoms. The van der Waals surface area contributed by atoms with Gasteiger partial charge in [-0.2, -0.15) is 0 Å². The van der Waals surface area contributed by atoms with Crippen LogP contribution in [0.15, 0.2) is 22.7 Å². The standard InChI is InChI=1S/C11H15BrN2O2/c1-7(11(15)14-2)16-9-3-4-10(12)8(5-9)6-13/h3-5,7H,6,13H2,1-2H3,(H,14,15). The van der Waals surface area contributed by atoms with Crippen molar-refractivity contribution >= 4 is 21.8 Å². The summed E-state index contributed by atoms with van der Waals surface area (Å²) in [6.45, 7) is 2.12. The third-order valence-corrected chi connectivity index (χ3v) is 2.94. The number of carbonyl (C=O) groups excluding carboxylic acids is 1. The van der Waals surface area contributed by atoms with Crippen LogP contribution in [-0.2, 0) is 11.3 Å². The van der Waals surface area contributed by atoms with E-state index in [1.807, 2.05) is 12.1 Å². The summed E-state index contributed by atoms with van der Waals surface area (Å²) >= 11 is 3.38. The molecule has 0 aromatic heterocycles. The van der Waals surface area contributed by atoms with Gasteiger partial charge in [0.05, 0.1) is 0 Å². The fraction of sp³-hybridized carbons (Fsp3) is 0.364. The van der Waals surface area contributed by atoms with E-state index in [-0.39, 0.29) is 5.91 Å². The summed E-state index contributed by atoms with van der Waals surface area (Å²) in [5, 5.41) is 2.53. The zero-order valence-electron chi connectivity index (χ0n) is 9.29. The van der Waals surface area contributed by atoms with E-state index in [9.17, 15) is 4.79 Å². The molecule has 0 saturated heterocycles. The molecule has 0 spiro atoms. The molecule has 3 N–H and O–H groups in total. The van der Waals surface area contributed by atoms with E-state index in [1.165, 1.54) is 0 Å². The molecule has 16 heavy (non-hydrogen) atoms. The lowest BCUT2D eigenvalue weighted by Gasteiger charge is -2.14. The lowest BCUT2D eigenvalue weighted by Crippen LogP contribution is -2.33. The van der Waals surface area contributed by atoms with E-state index >= 15 is 0 Å². The van der Waals surface area contributed by atoms with Gasteiger partial charge in [0.2, 0.25) is 0 Å². The van der Waals surface area contributed by atoms with Crippen LogP contribution in [0.25, 0.3) is 0 Å². The van der Waals surface area contributed by atoms with E-state index in [4.69, 9.17) is 10.5 Å². The normalized spacial score (nSPS) is 12.0. The molecule has 1 aromatic carbocycles. The maximum Gasteiger partial charge on any atom is 0.260 e. The highest BCUT2D eigenvalue weighted by Gasteiger charge is 2.12. The zero-order valence-corrected chi connectivity index (χ0v) is 10.9. The van der Waals surface area contributed by atoms with Gasteiger partial charge in [-0.05, 0) is 30.7 Å². The van der Waals surface area contributed by atoms with Gasteiger partial charge in [-0.15, -0.1) is 0 Å². The Morgan fingerprint density at radius 2 is 2.31 bits per heavy atom. The lowest BCUT2D eigenvalue weighted by molar-refractivity contribution is -0.126. The molecule has 0 aliphatic heterocycles. The largest absolute Gasteiger partial charge is 0.481 e. The van der Waals surface area contributed by atoms with Gasteiger partial charge in [-0.1, -0.05) is 15.9 Å². The molecule has 0 aliphatic rings. The van der Waals surface area contributed by atoms with E-state index in [0.29, 0.717) is 12.3 Å². The number of hydrogen-bond acceptors (Lipinski definition) is 3. The zero-order chi connectivity index (χ0) is 12.1. The van der Waals surface area contributed by atoms with Gasteiger partial charge in [0.1, 0.15) is 5.75 Å². The topological polar surface area (TPSA) is 64.3 Å². The second-order valence-corrected chi connectivity index (χ2v) is 4.19. The van der Waals surface area contributed by atoms with Crippen LogP contribution in [0.4, 0.5) is 0 Å². The van der Waals surface area contributed by atoms with Crippen LogP contribution in [0.1, 0.15) is 12.5 Å². The average Bonchev–Trinajstić information content (AvgIpc) is 2.30. The summed E-state index contributed by atoms with van der Waals surface area (Å²) < 4.78 is 6.42. The first kappa shape index (κ1) is 13.0. The van der Waals surface area contributed by atoms with Crippen LogP contribution >= 0.6 is 15.9 Å². The van der Waals surface area contributed by atoms with Crippen LogP contribution in [0.2, 0.25) is 0 Å². The Labute approximate surface area is 103 Å². The summed E-state index contributed by atoms with van der Waals surface area (Å²) in [5.41, 5.74) is 6.52. The second-order valence-electron chi connectivity index (χ2n) is 3.33. The van der Waals surface area contributed by atoms with Gasteiger partial charge < -0.3 is 15.8 Å². The Balaban J connectivity index is 2.78. The number of likely N-dealkylation sites (N-methyl/N-ethyl adjacent to an activating group) is 1. The van der Waals surface area contributed by atoms with E-state index < -0.39 is 6.10 Å². The number of amides is 1. The molecule has 0 radical (unpaired) electrons. The van der Waals surface area contributed by atoms with E-state index in [0.717, 1.165) is 10.0 Å². The van der Waals surface area contributed by atoms with Crippen molar-refractivity contribution in [3.8, 4) is 5.75 Å². The van der Waals surface area contributed by atoms with Crippen molar-refractivity contribution in [3.05, 3.63) is 28.2 Å². The monoisotopic (exact) mass is 286 g/mol. The third-order valence-electron chi connectivity index (χ3n) is 2.17. The number of ether oxygens (including phenoxy) is 1. The van der Waals surface area contributed by atoms with E-state index in [1.54, 1.807) is 20.0 Å². The summed E-state index contributed by atoms with van der Waals surface area (Å²) in [6, 6.07) is 5.47. The van der Waals surface area contributed by atoms with E-state index in [2.05, 4.69) is 21.2 Å². The maximum atomic E-state index is 11.3. The third kappa shape index (κ3) is 3.21. The minimum atomic E-state index is -0.517. The number of nitrogens with two attached hydrogens (primary N) is 1. The molecular weight excluding hydrogens is 272 g/mol. The highest BCUT2D eigenvalue weighted by Crippen LogP contribution is 2.22. The number of halogens is 1. The van der Waals surface area contributed by atoms with Crippen LogP contribution in [-0.4, -0.2) is 19.1 Å². The number of nitrogens with one attached hydrogen (secondary N) is 1. The van der Waals surface area contributed by atoms with Gasteiger partial charge in [-0.3, -0.25) is 4.79 Å². The number of hydrogen-bond donors (Lipinski definition) is 2. The predicted molar refractivity (Wildman–Crippen MR) is 66.2 cm³/mol. The Bertz CT molecular complexity index is 382. The number of benzene rings is 1. The molecular formula is C11H15BrN2O2. The quantitative estimate of drug-likeness (QED) is 0.880. The molecule has 4 nitrogen and oxygen atoms in total. The predicted octanol–water partition coefficient (Wildman–Crippen LogP) is 1.42. The van der Waals surface area contributed by atoms with Gasteiger partial charge in [-0.25, -0.2) is 0 Å². The number of carbonyl (C=O) groups is 1. The van der Waals surface area contributed by atoms with Gasteiger partial charge in [0.15, 0.2) is 6.10 Å². The lowest BCUT2D eigenvalue weighted by atomic mass is 10.2. The van der Waals surface area contributed by atoms with Gasteiger partial charge in [0, 0.05) is 18.1 Å². The molecule has 0 aliphatic carbocycles. The fourth-order valence-corrected chi connectivity index (χ4v) is 1.65. The van der Waals surface area contributed by atoms with Crippen molar-refractivity contribution in [1.82, 2.24) is 5.32 Å². The molecule has 0 saturated carbocycles. The molecule has 1 aromatic rings. The SMILES string of the molecule is CNC(=O)C(C)Oc1ccc(Br)c(CN)c1. The Kier molecular flexibility index (Phi) is 4.76. The second kappa shape index (κ2) is 5.86. The molecule has 88 valence electrons. The van der Waals surface area contributed by atoms with Crippen LogP contribution < -0.4 is 15.8 Å². The first-order valence-electron chi connectivity index (χ1n) is 4.95. The summed E-state index contributed by atoms with van der Waals surface area (Å²) in [7, 11) is 1.58. The van der Waals surface area contributed by atoms with Crippen molar-refractivity contribution in [2.45, 2.75) is 19.6 Å². The molecule has 1 atom stereocenters. The molecule has 1 rings (SSSR count). The highest BCUT2D eigenvalue weighted by atomic mass is 79.9. The Morgan fingerprint density at radius 1 is 1.62 bits per heavy atom. The minimum Gasteiger partial charge on any atom is -0.481 e. The molecule has 0 heterocycles. The van der Waals surface area contributed by atoms with Gasteiger partial charge in [0.25, 0.3) is 5.91 Å². The summed E-state index contributed by atoms with van der Waals surface area (Å²) in [4.78, 5) is 11.3. The molecule has 1 unspecified atom stereocenters. The Morgan fingerprint density at radius 3 is 2.88 bits per heavy atom. The summed E-state index contributed by atoms with van der Waals surface area (Å²) in [6.07, 6.45) is -0.517. The van der Waals surface area contributed by atoms with Crippen LogP contribution in [0.5, 0.6) is 5.75 Å². The van der Waals surface area contributed by atoms with Crippen molar-refractivity contribution in [1.29, 1.82) is 0 Å². The highest BCUT2D eigenvalue weighted by molar-refractivity contribution is 9.10. The van der Waals surface area contributed by atoms with Crippen molar-refractivity contribution in [3.63, 3.8) is 0 Å². The maximum absolute atomic E-state index is 11.3.